The van der Waals surface area contributed by atoms with Crippen LogP contribution in [-0.4, -0.2) is 18.2 Å². The summed E-state index contributed by atoms with van der Waals surface area (Å²) in [6, 6.07) is 17.3. The van der Waals surface area contributed by atoms with E-state index >= 15 is 0 Å². The van der Waals surface area contributed by atoms with Crippen LogP contribution in [0, 0.1) is 12.8 Å². The minimum Gasteiger partial charge on any atom is -0.372 e. The van der Waals surface area contributed by atoms with Crippen molar-refractivity contribution >= 4 is 28.7 Å². The fourth-order valence-corrected chi connectivity index (χ4v) is 3.71. The van der Waals surface area contributed by atoms with Crippen LogP contribution in [-0.2, 0) is 0 Å². The maximum absolute atomic E-state index is 5.46. The van der Waals surface area contributed by atoms with Crippen LogP contribution in [0.5, 0.6) is 0 Å². The van der Waals surface area contributed by atoms with Crippen molar-refractivity contribution in [3.8, 4) is 0 Å². The van der Waals surface area contributed by atoms with E-state index in [1.807, 2.05) is 12.1 Å². The fraction of sp³-hybridized carbons (Fsp3) is 0.409. The summed E-state index contributed by atoms with van der Waals surface area (Å²) in [6.07, 6.45) is 2.58. The molecule has 3 rings (SSSR count). The Labute approximate surface area is 162 Å². The van der Waals surface area contributed by atoms with E-state index in [4.69, 9.17) is 12.2 Å². The highest BCUT2D eigenvalue weighted by Crippen LogP contribution is 2.24. The van der Waals surface area contributed by atoms with E-state index in [1.54, 1.807) is 0 Å². The summed E-state index contributed by atoms with van der Waals surface area (Å²) in [6.45, 7) is 8.90. The van der Waals surface area contributed by atoms with Gasteiger partial charge in [0, 0.05) is 24.5 Å². The lowest BCUT2D eigenvalue weighted by Crippen LogP contribution is -2.33. The molecular formula is C22H29N3S. The van der Waals surface area contributed by atoms with Crippen molar-refractivity contribution in [3.63, 3.8) is 0 Å². The Kier molecular flexibility index (Phi) is 6.15. The van der Waals surface area contributed by atoms with Crippen molar-refractivity contribution in [2.45, 2.75) is 39.7 Å². The van der Waals surface area contributed by atoms with Crippen LogP contribution in [0.1, 0.15) is 43.9 Å². The molecule has 3 nitrogen and oxygen atoms in total. The lowest BCUT2D eigenvalue weighted by atomic mass is 9.98. The van der Waals surface area contributed by atoms with E-state index in [1.165, 1.54) is 42.7 Å². The molecule has 1 fully saturated rings. The van der Waals surface area contributed by atoms with Crippen LogP contribution in [0.25, 0.3) is 0 Å². The molecular weight excluding hydrogens is 338 g/mol. The van der Waals surface area contributed by atoms with Gasteiger partial charge in [0.2, 0.25) is 0 Å². The van der Waals surface area contributed by atoms with Crippen molar-refractivity contribution in [1.82, 2.24) is 5.32 Å². The molecule has 1 aliphatic rings. The molecule has 0 bridgehead atoms. The van der Waals surface area contributed by atoms with E-state index < -0.39 is 0 Å². The number of aryl methyl sites for hydroxylation is 1. The van der Waals surface area contributed by atoms with Crippen LogP contribution >= 0.6 is 12.2 Å². The number of thiocarbonyl (C=S) groups is 1. The summed E-state index contributed by atoms with van der Waals surface area (Å²) in [5.41, 5.74) is 4.80. The van der Waals surface area contributed by atoms with Gasteiger partial charge in [-0.1, -0.05) is 31.2 Å². The highest BCUT2D eigenvalue weighted by atomic mass is 32.1. The zero-order chi connectivity index (χ0) is 18.5. The number of hydrogen-bond acceptors (Lipinski definition) is 2. The molecule has 1 atom stereocenters. The molecule has 1 heterocycles. The largest absolute Gasteiger partial charge is 0.372 e. The van der Waals surface area contributed by atoms with Gasteiger partial charge >= 0.3 is 0 Å². The number of nitrogens with zero attached hydrogens (tertiary/aromatic N) is 1. The van der Waals surface area contributed by atoms with Crippen LogP contribution in [0.3, 0.4) is 0 Å². The van der Waals surface area contributed by atoms with Gasteiger partial charge in [0.25, 0.3) is 0 Å². The van der Waals surface area contributed by atoms with Crippen LogP contribution in [0.4, 0.5) is 11.4 Å². The lowest BCUT2D eigenvalue weighted by Gasteiger charge is -2.32. The summed E-state index contributed by atoms with van der Waals surface area (Å²) in [5, 5.41) is 7.29. The summed E-state index contributed by atoms with van der Waals surface area (Å²) in [4.78, 5) is 2.49. The van der Waals surface area contributed by atoms with Gasteiger partial charge in [-0.05, 0) is 80.2 Å². The molecule has 0 aromatic heterocycles. The van der Waals surface area contributed by atoms with Gasteiger partial charge in [-0.25, -0.2) is 0 Å². The SMILES string of the molecule is Cc1cccc(NC(=S)N[C@@H](C)c2ccc(N3CCC(C)CC3)cc2)c1. The molecule has 0 amide bonds. The van der Waals surface area contributed by atoms with Crippen molar-refractivity contribution < 1.29 is 0 Å². The summed E-state index contributed by atoms with van der Waals surface area (Å²) >= 11 is 5.46. The van der Waals surface area contributed by atoms with Crippen molar-refractivity contribution in [2.24, 2.45) is 5.92 Å². The molecule has 1 saturated heterocycles. The van der Waals surface area contributed by atoms with E-state index in [9.17, 15) is 0 Å². The van der Waals surface area contributed by atoms with Gasteiger partial charge in [0.05, 0.1) is 6.04 Å². The normalized spacial score (nSPS) is 16.2. The molecule has 2 aromatic carbocycles. The van der Waals surface area contributed by atoms with Gasteiger partial charge in [-0.15, -0.1) is 0 Å². The van der Waals surface area contributed by atoms with Gasteiger partial charge in [0.1, 0.15) is 0 Å². The third kappa shape index (κ3) is 4.98. The first-order chi connectivity index (χ1) is 12.5. The first-order valence-corrected chi connectivity index (χ1v) is 9.91. The highest BCUT2D eigenvalue weighted by Gasteiger charge is 2.16. The Morgan fingerprint density at radius 3 is 2.46 bits per heavy atom. The second-order valence-corrected chi connectivity index (χ2v) is 7.86. The van der Waals surface area contributed by atoms with Crippen LogP contribution in [0.15, 0.2) is 48.5 Å². The Balaban J connectivity index is 1.56. The Hall–Kier alpha value is -2.07. The number of anilines is 2. The fourth-order valence-electron chi connectivity index (χ4n) is 3.41. The summed E-state index contributed by atoms with van der Waals surface area (Å²) in [7, 11) is 0. The Bertz CT molecular complexity index is 733. The molecule has 2 aromatic rings. The molecule has 4 heteroatoms. The zero-order valence-corrected chi connectivity index (χ0v) is 16.8. The van der Waals surface area contributed by atoms with Crippen LogP contribution in [0.2, 0.25) is 0 Å². The van der Waals surface area contributed by atoms with E-state index in [2.05, 4.69) is 72.7 Å². The number of hydrogen-bond donors (Lipinski definition) is 2. The maximum atomic E-state index is 5.46. The maximum Gasteiger partial charge on any atom is 0.171 e. The monoisotopic (exact) mass is 367 g/mol. The highest BCUT2D eigenvalue weighted by molar-refractivity contribution is 7.80. The smallest absolute Gasteiger partial charge is 0.171 e. The molecule has 1 aliphatic heterocycles. The first-order valence-electron chi connectivity index (χ1n) is 9.50. The van der Waals surface area contributed by atoms with Crippen molar-refractivity contribution in [1.29, 1.82) is 0 Å². The summed E-state index contributed by atoms with van der Waals surface area (Å²) < 4.78 is 0. The number of rotatable bonds is 4. The zero-order valence-electron chi connectivity index (χ0n) is 16.0. The third-order valence-electron chi connectivity index (χ3n) is 5.17. The van der Waals surface area contributed by atoms with E-state index in [0.717, 1.165) is 11.6 Å². The second-order valence-electron chi connectivity index (χ2n) is 7.45. The predicted octanol–water partition coefficient (Wildman–Crippen LogP) is 5.28. The van der Waals surface area contributed by atoms with Crippen molar-refractivity contribution in [3.05, 3.63) is 59.7 Å². The topological polar surface area (TPSA) is 27.3 Å². The number of nitrogens with one attached hydrogen (secondary N) is 2. The molecule has 26 heavy (non-hydrogen) atoms. The first kappa shape index (κ1) is 18.7. The van der Waals surface area contributed by atoms with E-state index in [0.29, 0.717) is 5.11 Å². The van der Waals surface area contributed by atoms with Gasteiger partial charge in [-0.3, -0.25) is 0 Å². The van der Waals surface area contributed by atoms with Gasteiger partial charge in [-0.2, -0.15) is 0 Å². The van der Waals surface area contributed by atoms with E-state index in [-0.39, 0.29) is 6.04 Å². The van der Waals surface area contributed by atoms with Crippen LogP contribution < -0.4 is 15.5 Å². The molecule has 2 N–H and O–H groups in total. The van der Waals surface area contributed by atoms with Crippen molar-refractivity contribution in [2.75, 3.05) is 23.3 Å². The predicted molar refractivity (Wildman–Crippen MR) is 116 cm³/mol. The minimum atomic E-state index is 0.162. The molecule has 0 spiro atoms. The number of benzene rings is 2. The third-order valence-corrected chi connectivity index (χ3v) is 5.39. The summed E-state index contributed by atoms with van der Waals surface area (Å²) in [5.74, 6) is 0.858. The van der Waals surface area contributed by atoms with Gasteiger partial charge in [0.15, 0.2) is 5.11 Å². The average molecular weight is 368 g/mol. The molecule has 0 radical (unpaired) electrons. The molecule has 0 saturated carbocycles. The quantitative estimate of drug-likeness (QED) is 0.719. The Morgan fingerprint density at radius 2 is 1.81 bits per heavy atom. The molecule has 0 unspecified atom stereocenters. The standard InChI is InChI=1S/C22H29N3S/c1-16-11-13-25(14-12-16)21-9-7-19(8-10-21)18(3)23-22(26)24-20-6-4-5-17(2)15-20/h4-10,15-16,18H,11-14H2,1-3H3,(H2,23,24,26)/t18-/m0/s1. The molecule has 0 aliphatic carbocycles. The minimum absolute atomic E-state index is 0.162. The second kappa shape index (κ2) is 8.54. The number of piperidine rings is 1. The Morgan fingerprint density at radius 1 is 1.12 bits per heavy atom. The molecule has 138 valence electrons. The lowest BCUT2D eigenvalue weighted by molar-refractivity contribution is 0.438. The average Bonchev–Trinajstić information content (AvgIpc) is 2.62. The van der Waals surface area contributed by atoms with Gasteiger partial charge < -0.3 is 15.5 Å².